The molecule has 0 bridgehead atoms. The molecule has 2 N–H and O–H groups in total. The number of hydrogen-bond acceptors (Lipinski definition) is 5. The number of terminal acetylenes is 1. The Labute approximate surface area is 115 Å². The second kappa shape index (κ2) is 6.06. The van der Waals surface area contributed by atoms with Crippen molar-refractivity contribution >= 4 is 17.5 Å². The Morgan fingerprint density at radius 2 is 2.25 bits per heavy atom. The monoisotopic (exact) mass is 280 g/mol. The van der Waals surface area contributed by atoms with E-state index in [1.807, 2.05) is 0 Å². The van der Waals surface area contributed by atoms with E-state index in [1.54, 1.807) is 13.8 Å². The van der Waals surface area contributed by atoms with Gasteiger partial charge in [0.1, 0.15) is 11.7 Å². The number of nitrogens with zero attached hydrogens (tertiary/aromatic N) is 3. The fraction of sp³-hybridized carbons (Fsp3) is 0.500. The van der Waals surface area contributed by atoms with E-state index < -0.39 is 16.9 Å². The minimum Gasteiger partial charge on any atom is -0.480 e. The average molecular weight is 280 g/mol. The van der Waals surface area contributed by atoms with Crippen LogP contribution in [0, 0.1) is 22.5 Å². The van der Waals surface area contributed by atoms with Crippen LogP contribution >= 0.6 is 0 Å². The van der Waals surface area contributed by atoms with Crippen LogP contribution in [0.15, 0.2) is 0 Å². The van der Waals surface area contributed by atoms with Gasteiger partial charge in [-0.2, -0.15) is 5.10 Å². The van der Waals surface area contributed by atoms with Crippen molar-refractivity contribution in [1.29, 1.82) is 0 Å². The summed E-state index contributed by atoms with van der Waals surface area (Å²) in [7, 11) is 1.51. The number of aryl methyl sites for hydroxylation is 1. The van der Waals surface area contributed by atoms with Crippen molar-refractivity contribution in [2.24, 2.45) is 7.05 Å². The first-order valence-electron chi connectivity index (χ1n) is 5.93. The van der Waals surface area contributed by atoms with Crippen LogP contribution in [-0.2, 0) is 11.8 Å². The molecular formula is C12H16N4O4. The van der Waals surface area contributed by atoms with E-state index in [2.05, 4.69) is 16.3 Å². The number of nitrogens with one attached hydrogen (secondary N) is 1. The Kier molecular flexibility index (Phi) is 4.69. The number of aliphatic carboxylic acids is 1. The lowest BCUT2D eigenvalue weighted by Gasteiger charge is -2.12. The summed E-state index contributed by atoms with van der Waals surface area (Å²) in [6.45, 7) is 3.55. The standard InChI is InChI=1S/C12H16N4O4/c1-5-6-8(12(17)18)13-11-10(16(19)20)9(7(2)3)14-15(11)4/h1,7-8,13H,6H2,2-4H3,(H,17,18). The van der Waals surface area contributed by atoms with Gasteiger partial charge in [0.05, 0.1) is 4.92 Å². The lowest BCUT2D eigenvalue weighted by atomic mass is 10.1. The van der Waals surface area contributed by atoms with Crippen LogP contribution in [0.1, 0.15) is 31.9 Å². The normalized spacial score (nSPS) is 11.9. The van der Waals surface area contributed by atoms with E-state index in [0.29, 0.717) is 5.69 Å². The van der Waals surface area contributed by atoms with Crippen LogP contribution in [0.5, 0.6) is 0 Å². The van der Waals surface area contributed by atoms with E-state index in [4.69, 9.17) is 11.5 Å². The third kappa shape index (κ3) is 3.06. The molecule has 0 fully saturated rings. The Morgan fingerprint density at radius 3 is 2.65 bits per heavy atom. The average Bonchev–Trinajstić information content (AvgIpc) is 2.66. The molecule has 0 aliphatic rings. The fourth-order valence-electron chi connectivity index (χ4n) is 1.75. The molecule has 0 spiro atoms. The summed E-state index contributed by atoms with van der Waals surface area (Å²) in [5.41, 5.74) is 0.0793. The number of hydrogen-bond donors (Lipinski definition) is 2. The van der Waals surface area contributed by atoms with E-state index in [0.717, 1.165) is 0 Å². The zero-order chi connectivity index (χ0) is 15.4. The largest absolute Gasteiger partial charge is 0.480 e. The van der Waals surface area contributed by atoms with Gasteiger partial charge in [-0.1, -0.05) is 13.8 Å². The molecule has 1 atom stereocenters. The van der Waals surface area contributed by atoms with Gasteiger partial charge in [0, 0.05) is 19.4 Å². The maximum Gasteiger partial charge on any atom is 0.334 e. The van der Waals surface area contributed by atoms with E-state index in [-0.39, 0.29) is 23.8 Å². The highest BCUT2D eigenvalue weighted by molar-refractivity contribution is 5.79. The smallest absolute Gasteiger partial charge is 0.334 e. The highest BCUT2D eigenvalue weighted by atomic mass is 16.6. The van der Waals surface area contributed by atoms with Crippen LogP contribution < -0.4 is 5.32 Å². The van der Waals surface area contributed by atoms with E-state index in [9.17, 15) is 14.9 Å². The van der Waals surface area contributed by atoms with Gasteiger partial charge in [-0.15, -0.1) is 12.3 Å². The third-order valence-electron chi connectivity index (χ3n) is 2.71. The number of carboxylic acid groups (broad SMARTS) is 1. The second-order valence-corrected chi connectivity index (χ2v) is 4.56. The lowest BCUT2D eigenvalue weighted by Crippen LogP contribution is -2.30. The lowest BCUT2D eigenvalue weighted by molar-refractivity contribution is -0.384. The molecule has 0 saturated heterocycles. The number of carbonyl (C=O) groups is 1. The maximum absolute atomic E-state index is 11.2. The first-order valence-corrected chi connectivity index (χ1v) is 5.93. The first kappa shape index (κ1) is 15.5. The molecule has 1 aromatic heterocycles. The number of aromatic nitrogens is 2. The minimum absolute atomic E-state index is 0.0429. The van der Waals surface area contributed by atoms with Crippen molar-refractivity contribution in [2.75, 3.05) is 5.32 Å². The molecule has 108 valence electrons. The maximum atomic E-state index is 11.2. The van der Waals surface area contributed by atoms with Crippen molar-refractivity contribution < 1.29 is 14.8 Å². The van der Waals surface area contributed by atoms with Crippen LogP contribution in [0.4, 0.5) is 11.5 Å². The molecule has 1 heterocycles. The summed E-state index contributed by atoms with van der Waals surface area (Å²) < 4.78 is 1.26. The van der Waals surface area contributed by atoms with Crippen LogP contribution in [0.2, 0.25) is 0 Å². The molecule has 0 aromatic carbocycles. The van der Waals surface area contributed by atoms with E-state index in [1.165, 1.54) is 11.7 Å². The molecular weight excluding hydrogens is 264 g/mol. The Hall–Kier alpha value is -2.56. The minimum atomic E-state index is -1.18. The quantitative estimate of drug-likeness (QED) is 0.462. The van der Waals surface area contributed by atoms with Gasteiger partial charge in [0.15, 0.2) is 0 Å². The molecule has 0 amide bonds. The SMILES string of the molecule is C#CCC(Nc1c([N+](=O)[O-])c(C(C)C)nn1C)C(=O)O. The van der Waals surface area contributed by atoms with Gasteiger partial charge in [-0.05, 0) is 0 Å². The number of rotatable bonds is 6. The summed E-state index contributed by atoms with van der Waals surface area (Å²) in [6, 6.07) is -1.10. The molecule has 0 saturated carbocycles. The second-order valence-electron chi connectivity index (χ2n) is 4.56. The Balaban J connectivity index is 3.27. The number of carboxylic acids is 1. The van der Waals surface area contributed by atoms with Crippen molar-refractivity contribution in [2.45, 2.75) is 32.2 Å². The highest BCUT2D eigenvalue weighted by Gasteiger charge is 2.31. The van der Waals surface area contributed by atoms with Gasteiger partial charge in [-0.25, -0.2) is 9.48 Å². The van der Waals surface area contributed by atoms with Crippen molar-refractivity contribution in [1.82, 2.24) is 9.78 Å². The molecule has 1 aromatic rings. The zero-order valence-corrected chi connectivity index (χ0v) is 11.5. The number of nitro groups is 1. The summed E-state index contributed by atoms with van der Waals surface area (Å²) in [4.78, 5) is 21.7. The predicted molar refractivity (Wildman–Crippen MR) is 72.4 cm³/mol. The van der Waals surface area contributed by atoms with Crippen molar-refractivity contribution in [3.05, 3.63) is 15.8 Å². The fourth-order valence-corrected chi connectivity index (χ4v) is 1.75. The summed E-state index contributed by atoms with van der Waals surface area (Å²) >= 11 is 0. The van der Waals surface area contributed by atoms with Gasteiger partial charge >= 0.3 is 11.7 Å². The third-order valence-corrected chi connectivity index (χ3v) is 2.71. The van der Waals surface area contributed by atoms with E-state index >= 15 is 0 Å². The topological polar surface area (TPSA) is 110 Å². The molecule has 8 nitrogen and oxygen atoms in total. The molecule has 20 heavy (non-hydrogen) atoms. The first-order chi connectivity index (χ1) is 9.29. The summed E-state index contributed by atoms with van der Waals surface area (Å²) in [5.74, 6) is 0.932. The van der Waals surface area contributed by atoms with Crippen molar-refractivity contribution in [3.8, 4) is 12.3 Å². The predicted octanol–water partition coefficient (Wildman–Crippen LogP) is 1.34. The molecule has 1 rings (SSSR count). The van der Waals surface area contributed by atoms with Crippen molar-refractivity contribution in [3.63, 3.8) is 0 Å². The summed E-state index contributed by atoms with van der Waals surface area (Å²) in [6.07, 6.45) is 5.01. The van der Waals surface area contributed by atoms with Gasteiger partial charge < -0.3 is 10.4 Å². The molecule has 0 aliphatic heterocycles. The Morgan fingerprint density at radius 1 is 1.65 bits per heavy atom. The molecule has 8 heteroatoms. The molecule has 0 aliphatic carbocycles. The van der Waals surface area contributed by atoms with Crippen LogP contribution in [0.3, 0.4) is 0 Å². The van der Waals surface area contributed by atoms with Crippen LogP contribution in [0.25, 0.3) is 0 Å². The van der Waals surface area contributed by atoms with Crippen LogP contribution in [-0.4, -0.2) is 31.8 Å². The molecule has 1 unspecified atom stereocenters. The molecule has 0 radical (unpaired) electrons. The van der Waals surface area contributed by atoms with Gasteiger partial charge in [0.25, 0.3) is 0 Å². The summed E-state index contributed by atoms with van der Waals surface area (Å²) in [5, 5.41) is 26.9. The highest BCUT2D eigenvalue weighted by Crippen LogP contribution is 2.33. The van der Waals surface area contributed by atoms with Gasteiger partial charge in [-0.3, -0.25) is 10.1 Å². The van der Waals surface area contributed by atoms with Gasteiger partial charge in [0.2, 0.25) is 5.82 Å². The zero-order valence-electron chi connectivity index (χ0n) is 11.5. The Bertz CT molecular complexity index is 571. The number of anilines is 1.